The lowest BCUT2D eigenvalue weighted by molar-refractivity contribution is 0.693. The number of nitrogens with one attached hydrogen (secondary N) is 1. The van der Waals surface area contributed by atoms with E-state index < -0.39 is 0 Å². The fourth-order valence-corrected chi connectivity index (χ4v) is 1.10. The van der Waals surface area contributed by atoms with E-state index in [9.17, 15) is 0 Å². The first kappa shape index (κ1) is 6.76. The Hall–Kier alpha value is -0.360. The number of nitrogens with zero attached hydrogens (tertiary/aromatic N) is 3. The molecule has 0 bridgehead atoms. The van der Waals surface area contributed by atoms with Gasteiger partial charge in [-0.25, -0.2) is 4.68 Å². The van der Waals surface area contributed by atoms with Crippen molar-refractivity contribution in [3.8, 4) is 0 Å². The van der Waals surface area contributed by atoms with Crippen LogP contribution in [0.4, 0.5) is 0 Å². The van der Waals surface area contributed by atoms with Crippen LogP contribution in [0.2, 0.25) is 0 Å². The second-order valence-corrected chi connectivity index (χ2v) is 2.63. The van der Waals surface area contributed by atoms with Gasteiger partial charge in [0.25, 0.3) is 0 Å². The highest BCUT2D eigenvalue weighted by Gasteiger charge is 1.89. The van der Waals surface area contributed by atoms with Gasteiger partial charge >= 0.3 is 0 Å². The molecule has 0 aliphatic rings. The lowest BCUT2D eigenvalue weighted by Crippen LogP contribution is -1.95. The molecule has 0 spiro atoms. The van der Waals surface area contributed by atoms with Crippen LogP contribution in [-0.2, 0) is 5.88 Å². The summed E-state index contributed by atoms with van der Waals surface area (Å²) in [5.74, 6) is 0.784. The SMILES string of the molecule is CSCn1[nH]nnc1=S. The normalized spacial score (nSPS) is 9.89. The maximum absolute atomic E-state index is 4.80. The average molecular weight is 162 g/mol. The van der Waals surface area contributed by atoms with Gasteiger partial charge in [-0.3, -0.25) is 0 Å². The van der Waals surface area contributed by atoms with E-state index in [0.29, 0.717) is 4.77 Å². The number of tetrazole rings is 1. The first-order valence-corrected chi connectivity index (χ1v) is 4.11. The van der Waals surface area contributed by atoms with Gasteiger partial charge in [0.05, 0.1) is 5.88 Å². The minimum absolute atomic E-state index is 0.504. The third-order valence-electron chi connectivity index (χ3n) is 0.790. The Labute approximate surface area is 61.6 Å². The third kappa shape index (κ3) is 1.52. The van der Waals surface area contributed by atoms with Crippen LogP contribution in [0.15, 0.2) is 0 Å². The first-order chi connectivity index (χ1) is 4.34. The number of aromatic amines is 1. The van der Waals surface area contributed by atoms with Crippen molar-refractivity contribution in [2.24, 2.45) is 0 Å². The van der Waals surface area contributed by atoms with Crippen LogP contribution >= 0.6 is 24.0 Å². The lowest BCUT2D eigenvalue weighted by Gasteiger charge is -1.92. The molecule has 0 fully saturated rings. The first-order valence-electron chi connectivity index (χ1n) is 2.31. The molecule has 0 atom stereocenters. The van der Waals surface area contributed by atoms with Crippen molar-refractivity contribution in [1.29, 1.82) is 0 Å². The van der Waals surface area contributed by atoms with Gasteiger partial charge in [-0.05, 0) is 18.5 Å². The van der Waals surface area contributed by atoms with E-state index in [0.717, 1.165) is 5.88 Å². The van der Waals surface area contributed by atoms with Crippen LogP contribution in [0, 0.1) is 4.77 Å². The maximum atomic E-state index is 4.80. The van der Waals surface area contributed by atoms with Crippen molar-refractivity contribution >= 4 is 24.0 Å². The molecule has 0 amide bonds. The van der Waals surface area contributed by atoms with E-state index in [2.05, 4.69) is 15.5 Å². The minimum Gasteiger partial charge on any atom is -0.232 e. The molecule has 0 aliphatic carbocycles. The molecule has 1 N–H and O–H groups in total. The van der Waals surface area contributed by atoms with Crippen molar-refractivity contribution in [2.75, 3.05) is 6.26 Å². The number of rotatable bonds is 2. The Morgan fingerprint density at radius 1 is 1.89 bits per heavy atom. The smallest absolute Gasteiger partial charge is 0.232 e. The molecule has 1 aromatic heterocycles. The predicted octanol–water partition coefficient (Wildman–Crippen LogP) is 0.656. The van der Waals surface area contributed by atoms with E-state index in [4.69, 9.17) is 12.2 Å². The monoisotopic (exact) mass is 162 g/mol. The summed E-state index contributed by atoms with van der Waals surface area (Å²) in [5, 5.41) is 9.74. The van der Waals surface area contributed by atoms with Gasteiger partial charge in [0.1, 0.15) is 0 Å². The molecular weight excluding hydrogens is 156 g/mol. The van der Waals surface area contributed by atoms with Crippen LogP contribution in [0.25, 0.3) is 0 Å². The van der Waals surface area contributed by atoms with E-state index in [1.165, 1.54) is 0 Å². The molecule has 1 heterocycles. The van der Waals surface area contributed by atoms with Crippen molar-refractivity contribution in [3.63, 3.8) is 0 Å². The second-order valence-electron chi connectivity index (χ2n) is 1.43. The highest BCUT2D eigenvalue weighted by Crippen LogP contribution is 1.95. The highest BCUT2D eigenvalue weighted by molar-refractivity contribution is 7.97. The maximum Gasteiger partial charge on any atom is 0.238 e. The van der Waals surface area contributed by atoms with Gasteiger partial charge < -0.3 is 0 Å². The summed E-state index contributed by atoms with van der Waals surface area (Å²) in [6.45, 7) is 0. The molecular formula is C3H6N4S2. The molecule has 0 aromatic carbocycles. The topological polar surface area (TPSA) is 46.5 Å². The number of thioether (sulfide) groups is 1. The molecule has 1 rings (SSSR count). The Kier molecular flexibility index (Phi) is 2.23. The molecule has 0 unspecified atom stereocenters. The molecule has 0 saturated heterocycles. The van der Waals surface area contributed by atoms with Crippen molar-refractivity contribution in [3.05, 3.63) is 4.77 Å². The van der Waals surface area contributed by atoms with Gasteiger partial charge in [0.2, 0.25) is 4.77 Å². The molecule has 9 heavy (non-hydrogen) atoms. The summed E-state index contributed by atoms with van der Waals surface area (Å²) in [6.07, 6.45) is 1.99. The molecule has 0 saturated carbocycles. The van der Waals surface area contributed by atoms with Gasteiger partial charge in [-0.1, -0.05) is 10.3 Å². The molecule has 6 heteroatoms. The van der Waals surface area contributed by atoms with E-state index >= 15 is 0 Å². The van der Waals surface area contributed by atoms with Crippen LogP contribution < -0.4 is 0 Å². The number of hydrogen-bond acceptors (Lipinski definition) is 4. The largest absolute Gasteiger partial charge is 0.238 e. The number of H-pyrrole nitrogens is 1. The zero-order valence-electron chi connectivity index (χ0n) is 4.87. The van der Waals surface area contributed by atoms with E-state index in [1.807, 2.05) is 6.26 Å². The van der Waals surface area contributed by atoms with Gasteiger partial charge in [-0.2, -0.15) is 5.21 Å². The molecule has 4 nitrogen and oxygen atoms in total. The number of aromatic nitrogens is 4. The van der Waals surface area contributed by atoms with Crippen molar-refractivity contribution in [2.45, 2.75) is 5.88 Å². The van der Waals surface area contributed by atoms with Gasteiger partial charge in [0.15, 0.2) is 0 Å². The molecule has 50 valence electrons. The predicted molar refractivity (Wildman–Crippen MR) is 38.7 cm³/mol. The zero-order valence-corrected chi connectivity index (χ0v) is 6.50. The van der Waals surface area contributed by atoms with Gasteiger partial charge in [0, 0.05) is 0 Å². The zero-order chi connectivity index (χ0) is 6.69. The highest BCUT2D eigenvalue weighted by atomic mass is 32.2. The Morgan fingerprint density at radius 2 is 2.67 bits per heavy atom. The molecule has 0 aliphatic heterocycles. The van der Waals surface area contributed by atoms with E-state index in [-0.39, 0.29) is 0 Å². The van der Waals surface area contributed by atoms with E-state index in [1.54, 1.807) is 16.4 Å². The third-order valence-corrected chi connectivity index (χ3v) is 1.61. The standard InChI is InChI=1S/C3H6N4S2/c1-9-2-7-3(8)4-5-6-7/h2H2,1H3,(H,4,6,8). The van der Waals surface area contributed by atoms with Crippen LogP contribution in [0.5, 0.6) is 0 Å². The van der Waals surface area contributed by atoms with Crippen molar-refractivity contribution < 1.29 is 0 Å². The lowest BCUT2D eigenvalue weighted by atomic mass is 11.2. The van der Waals surface area contributed by atoms with Crippen LogP contribution in [-0.4, -0.2) is 26.5 Å². The fraction of sp³-hybridized carbons (Fsp3) is 0.667. The summed E-state index contributed by atoms with van der Waals surface area (Å²) in [6, 6.07) is 0. The van der Waals surface area contributed by atoms with Crippen LogP contribution in [0.1, 0.15) is 0 Å². The summed E-state index contributed by atoms with van der Waals surface area (Å²) in [7, 11) is 0. The van der Waals surface area contributed by atoms with Crippen LogP contribution in [0.3, 0.4) is 0 Å². The molecule has 1 aromatic rings. The Morgan fingerprint density at radius 3 is 3.11 bits per heavy atom. The summed E-state index contributed by atoms with van der Waals surface area (Å²) in [4.78, 5) is 0. The van der Waals surface area contributed by atoms with Crippen molar-refractivity contribution in [1.82, 2.24) is 20.2 Å². The summed E-state index contributed by atoms with van der Waals surface area (Å²) in [5.41, 5.74) is 0. The Balaban J connectivity index is 2.81. The second kappa shape index (κ2) is 2.98. The fourth-order valence-electron chi connectivity index (χ4n) is 0.429. The van der Waals surface area contributed by atoms with Gasteiger partial charge in [-0.15, -0.1) is 11.8 Å². The molecule has 0 radical (unpaired) electrons. The Bertz CT molecular complexity index is 226. The average Bonchev–Trinajstić information content (AvgIpc) is 2.18. The number of hydrogen-bond donors (Lipinski definition) is 1. The quantitative estimate of drug-likeness (QED) is 0.649. The summed E-state index contributed by atoms with van der Waals surface area (Å²) >= 11 is 6.45. The minimum atomic E-state index is 0.504. The summed E-state index contributed by atoms with van der Waals surface area (Å²) < 4.78 is 2.20.